The number of piperidine rings is 1. The second-order valence-electron chi connectivity index (χ2n) is 7.36. The van der Waals surface area contributed by atoms with E-state index in [4.69, 9.17) is 23.1 Å². The number of H-pyrrole nitrogens is 1. The Hall–Kier alpha value is -1.77. The Morgan fingerprint density at radius 1 is 1.30 bits per heavy atom. The molecule has 27 heavy (non-hydrogen) atoms. The van der Waals surface area contributed by atoms with E-state index in [-0.39, 0.29) is 16.8 Å². The quantitative estimate of drug-likeness (QED) is 0.717. The fourth-order valence-corrected chi connectivity index (χ4v) is 5.28. The molecule has 4 rings (SSSR count). The largest absolute Gasteiger partial charge is 0.382 e. The van der Waals surface area contributed by atoms with Gasteiger partial charge in [-0.05, 0) is 37.2 Å². The van der Waals surface area contributed by atoms with Crippen molar-refractivity contribution in [3.05, 3.63) is 33.8 Å². The standard InChI is InChI=1S/C18H23ClN6OS/c19-14-11(3-7-22-15(14)21)27-13-10-23-16(17(26)24-13)25-8-5-18(6-9-25)4-1-2-12(18)20/h3,7,10,12H,1-2,4-6,8-9,20H2,(H2,21,22)(H,24,26)/t12-/m0/s1. The predicted molar refractivity (Wildman–Crippen MR) is 108 cm³/mol. The third kappa shape index (κ3) is 3.53. The summed E-state index contributed by atoms with van der Waals surface area (Å²) in [5.41, 5.74) is 12.1. The average molecular weight is 407 g/mol. The lowest BCUT2D eigenvalue weighted by Crippen LogP contribution is -2.48. The molecule has 1 saturated carbocycles. The maximum atomic E-state index is 12.6. The molecule has 0 amide bonds. The molecular formula is C18H23ClN6OS. The van der Waals surface area contributed by atoms with Crippen molar-refractivity contribution in [2.75, 3.05) is 23.7 Å². The number of nitrogens with zero attached hydrogens (tertiary/aromatic N) is 3. The fourth-order valence-electron chi connectivity index (χ4n) is 4.24. The van der Waals surface area contributed by atoms with Crippen molar-refractivity contribution in [1.82, 2.24) is 15.0 Å². The van der Waals surface area contributed by atoms with Crippen molar-refractivity contribution in [2.24, 2.45) is 11.1 Å². The van der Waals surface area contributed by atoms with Crippen LogP contribution in [0.25, 0.3) is 0 Å². The number of nitrogens with one attached hydrogen (secondary N) is 1. The van der Waals surface area contributed by atoms with Crippen LogP contribution in [0.15, 0.2) is 33.2 Å². The molecule has 5 N–H and O–H groups in total. The van der Waals surface area contributed by atoms with Crippen LogP contribution >= 0.6 is 23.4 Å². The molecule has 2 aromatic rings. The molecule has 1 spiro atoms. The smallest absolute Gasteiger partial charge is 0.291 e. The van der Waals surface area contributed by atoms with Crippen LogP contribution in [-0.4, -0.2) is 34.1 Å². The zero-order valence-corrected chi connectivity index (χ0v) is 16.5. The van der Waals surface area contributed by atoms with Gasteiger partial charge in [0, 0.05) is 30.2 Å². The molecule has 2 aromatic heterocycles. The van der Waals surface area contributed by atoms with Crippen LogP contribution in [0.2, 0.25) is 5.02 Å². The first-order valence-electron chi connectivity index (χ1n) is 9.16. The van der Waals surface area contributed by atoms with Crippen LogP contribution in [0, 0.1) is 5.41 Å². The van der Waals surface area contributed by atoms with Crippen molar-refractivity contribution in [3.8, 4) is 0 Å². The zero-order valence-electron chi connectivity index (χ0n) is 14.9. The highest BCUT2D eigenvalue weighted by atomic mass is 35.5. The minimum Gasteiger partial charge on any atom is -0.382 e. The van der Waals surface area contributed by atoms with Crippen molar-refractivity contribution in [3.63, 3.8) is 0 Å². The number of aromatic nitrogens is 3. The van der Waals surface area contributed by atoms with Gasteiger partial charge in [-0.15, -0.1) is 0 Å². The number of nitrogen functional groups attached to an aromatic ring is 1. The fraction of sp³-hybridized carbons (Fsp3) is 0.500. The normalized spacial score (nSPS) is 21.7. The topological polar surface area (TPSA) is 114 Å². The van der Waals surface area contributed by atoms with Crippen molar-refractivity contribution >= 4 is 35.0 Å². The molecule has 9 heteroatoms. The van der Waals surface area contributed by atoms with Gasteiger partial charge in [0.05, 0.1) is 16.2 Å². The van der Waals surface area contributed by atoms with Gasteiger partial charge in [0.25, 0.3) is 5.56 Å². The van der Waals surface area contributed by atoms with Gasteiger partial charge in [-0.2, -0.15) is 0 Å². The molecule has 0 bridgehead atoms. The number of nitrogens with two attached hydrogens (primary N) is 2. The molecule has 144 valence electrons. The van der Waals surface area contributed by atoms with Crippen LogP contribution in [0.3, 0.4) is 0 Å². The van der Waals surface area contributed by atoms with Gasteiger partial charge in [0.15, 0.2) is 5.82 Å². The van der Waals surface area contributed by atoms with Gasteiger partial charge in [-0.25, -0.2) is 9.97 Å². The van der Waals surface area contributed by atoms with E-state index < -0.39 is 0 Å². The lowest BCUT2D eigenvalue weighted by atomic mass is 9.74. The molecule has 0 aromatic carbocycles. The summed E-state index contributed by atoms with van der Waals surface area (Å²) in [6.45, 7) is 1.64. The Morgan fingerprint density at radius 2 is 2.07 bits per heavy atom. The van der Waals surface area contributed by atoms with Gasteiger partial charge in [0.2, 0.25) is 0 Å². The van der Waals surface area contributed by atoms with Crippen molar-refractivity contribution in [1.29, 1.82) is 0 Å². The molecule has 1 aliphatic heterocycles. The molecule has 2 fully saturated rings. The van der Waals surface area contributed by atoms with Gasteiger partial charge in [0.1, 0.15) is 5.82 Å². The van der Waals surface area contributed by atoms with Crippen LogP contribution in [-0.2, 0) is 0 Å². The summed E-state index contributed by atoms with van der Waals surface area (Å²) in [5.74, 6) is 0.738. The Kier molecular flexibility index (Phi) is 5.05. The van der Waals surface area contributed by atoms with Crippen LogP contribution in [0.5, 0.6) is 0 Å². The van der Waals surface area contributed by atoms with Gasteiger partial charge in [-0.3, -0.25) is 4.79 Å². The summed E-state index contributed by atoms with van der Waals surface area (Å²) in [7, 11) is 0. The first-order chi connectivity index (χ1) is 13.0. The maximum Gasteiger partial charge on any atom is 0.291 e. The first-order valence-corrected chi connectivity index (χ1v) is 10.4. The molecule has 0 unspecified atom stereocenters. The number of hydrogen-bond donors (Lipinski definition) is 3. The Bertz CT molecular complexity index is 896. The van der Waals surface area contributed by atoms with E-state index in [0.29, 0.717) is 21.9 Å². The number of anilines is 2. The van der Waals surface area contributed by atoms with E-state index in [0.717, 1.165) is 37.2 Å². The third-order valence-corrected chi connectivity index (χ3v) is 7.38. The first kappa shape index (κ1) is 18.6. The Labute approximate surface area is 166 Å². The Morgan fingerprint density at radius 3 is 2.74 bits per heavy atom. The highest BCUT2D eigenvalue weighted by molar-refractivity contribution is 7.99. The maximum absolute atomic E-state index is 12.6. The van der Waals surface area contributed by atoms with Gasteiger partial charge < -0.3 is 21.4 Å². The molecular weight excluding hydrogens is 384 g/mol. The van der Waals surface area contributed by atoms with Gasteiger partial charge in [-0.1, -0.05) is 29.8 Å². The third-order valence-electron chi connectivity index (χ3n) is 5.88. The monoisotopic (exact) mass is 406 g/mol. The van der Waals surface area contributed by atoms with Crippen molar-refractivity contribution in [2.45, 2.75) is 48.1 Å². The van der Waals surface area contributed by atoms with E-state index in [1.807, 2.05) is 0 Å². The summed E-state index contributed by atoms with van der Waals surface area (Å²) in [6.07, 6.45) is 8.84. The second kappa shape index (κ2) is 7.33. The predicted octanol–water partition coefficient (Wildman–Crippen LogP) is 2.65. The molecule has 7 nitrogen and oxygen atoms in total. The average Bonchev–Trinajstić information content (AvgIpc) is 3.00. The summed E-state index contributed by atoms with van der Waals surface area (Å²) < 4.78 is 0. The minimum atomic E-state index is -0.190. The number of hydrogen-bond acceptors (Lipinski definition) is 7. The lowest BCUT2D eigenvalue weighted by Gasteiger charge is -2.42. The number of rotatable bonds is 3. The number of pyridine rings is 1. The minimum absolute atomic E-state index is 0.190. The second-order valence-corrected chi connectivity index (χ2v) is 8.82. The van der Waals surface area contributed by atoms with E-state index in [1.165, 1.54) is 24.6 Å². The molecule has 0 radical (unpaired) electrons. The summed E-state index contributed by atoms with van der Waals surface area (Å²) in [6, 6.07) is 2.05. The Balaban J connectivity index is 1.48. The summed E-state index contributed by atoms with van der Waals surface area (Å²) >= 11 is 7.48. The molecule has 2 aliphatic rings. The van der Waals surface area contributed by atoms with Crippen LogP contribution < -0.4 is 21.9 Å². The van der Waals surface area contributed by atoms with E-state index in [9.17, 15) is 4.79 Å². The van der Waals surface area contributed by atoms with E-state index in [1.54, 1.807) is 18.5 Å². The molecule has 1 atom stereocenters. The van der Waals surface area contributed by atoms with Crippen LogP contribution in [0.1, 0.15) is 32.1 Å². The van der Waals surface area contributed by atoms with Crippen LogP contribution in [0.4, 0.5) is 11.6 Å². The highest BCUT2D eigenvalue weighted by Crippen LogP contribution is 2.45. The van der Waals surface area contributed by atoms with E-state index in [2.05, 4.69) is 19.9 Å². The summed E-state index contributed by atoms with van der Waals surface area (Å²) in [5, 5.41) is 0.990. The number of aromatic amines is 1. The van der Waals surface area contributed by atoms with Crippen molar-refractivity contribution < 1.29 is 0 Å². The summed E-state index contributed by atoms with van der Waals surface area (Å²) in [4.78, 5) is 26.6. The number of halogens is 1. The lowest BCUT2D eigenvalue weighted by molar-refractivity contribution is 0.197. The van der Waals surface area contributed by atoms with E-state index >= 15 is 0 Å². The zero-order chi connectivity index (χ0) is 19.0. The van der Waals surface area contributed by atoms with Gasteiger partial charge >= 0.3 is 0 Å². The molecule has 1 aliphatic carbocycles. The SMILES string of the molecule is Nc1nccc(Sc2cnc(N3CCC4(CCC[C@@H]4N)CC3)c(=O)[nH]2)c1Cl. The molecule has 3 heterocycles. The highest BCUT2D eigenvalue weighted by Gasteiger charge is 2.43. The molecule has 1 saturated heterocycles.